The van der Waals surface area contributed by atoms with Crippen molar-refractivity contribution in [3.8, 4) is 0 Å². The molecule has 1 amide bonds. The molecule has 16 heavy (non-hydrogen) atoms. The van der Waals surface area contributed by atoms with Crippen LogP contribution in [0.5, 0.6) is 0 Å². The Kier molecular flexibility index (Phi) is 5.55. The topological polar surface area (TPSA) is 43.3 Å². The second-order valence-corrected chi connectivity index (χ2v) is 4.38. The number of amides is 1. The second kappa shape index (κ2) is 6.70. The van der Waals surface area contributed by atoms with Crippen molar-refractivity contribution in [2.45, 2.75) is 13.3 Å². The van der Waals surface area contributed by atoms with Gasteiger partial charge >= 0.3 is 0 Å². The second-order valence-electron chi connectivity index (χ2n) is 3.46. The first-order valence-electron chi connectivity index (χ1n) is 5.33. The van der Waals surface area contributed by atoms with Gasteiger partial charge in [0.1, 0.15) is 5.69 Å². The Labute approximate surface area is 104 Å². The first-order valence-corrected chi connectivity index (χ1v) is 6.12. The molecule has 0 saturated carbocycles. The molecule has 1 heterocycles. The first kappa shape index (κ1) is 13.3. The van der Waals surface area contributed by atoms with E-state index in [9.17, 15) is 4.79 Å². The van der Waals surface area contributed by atoms with Crippen molar-refractivity contribution < 1.29 is 9.53 Å². The minimum atomic E-state index is -0.0512. The lowest BCUT2D eigenvalue weighted by Crippen LogP contribution is -2.26. The number of rotatable bonds is 6. The number of aryl methyl sites for hydroxylation is 1. The van der Waals surface area contributed by atoms with Crippen molar-refractivity contribution >= 4 is 21.8 Å². The van der Waals surface area contributed by atoms with E-state index in [0.29, 0.717) is 18.8 Å². The highest BCUT2D eigenvalue weighted by Gasteiger charge is 2.09. The van der Waals surface area contributed by atoms with Crippen molar-refractivity contribution in [2.75, 3.05) is 19.8 Å². The summed E-state index contributed by atoms with van der Waals surface area (Å²) >= 11 is 3.33. The van der Waals surface area contributed by atoms with Crippen LogP contribution >= 0.6 is 15.9 Å². The van der Waals surface area contributed by atoms with Gasteiger partial charge in [-0.05, 0) is 35.3 Å². The zero-order chi connectivity index (χ0) is 12.0. The molecule has 4 nitrogen and oxygen atoms in total. The van der Waals surface area contributed by atoms with E-state index >= 15 is 0 Å². The van der Waals surface area contributed by atoms with E-state index in [1.807, 2.05) is 20.2 Å². The van der Waals surface area contributed by atoms with Gasteiger partial charge in [0.05, 0.1) is 0 Å². The molecule has 1 rings (SSSR count). The Morgan fingerprint density at radius 1 is 1.62 bits per heavy atom. The van der Waals surface area contributed by atoms with Crippen LogP contribution in [0.25, 0.3) is 0 Å². The molecule has 0 aromatic carbocycles. The van der Waals surface area contributed by atoms with E-state index in [-0.39, 0.29) is 5.91 Å². The van der Waals surface area contributed by atoms with Gasteiger partial charge in [-0.15, -0.1) is 0 Å². The number of nitrogens with zero attached hydrogens (tertiary/aromatic N) is 1. The van der Waals surface area contributed by atoms with Crippen LogP contribution in [0.1, 0.15) is 23.8 Å². The summed E-state index contributed by atoms with van der Waals surface area (Å²) in [5.74, 6) is -0.0512. The third kappa shape index (κ3) is 3.98. The maximum atomic E-state index is 11.7. The van der Waals surface area contributed by atoms with Crippen molar-refractivity contribution in [3.63, 3.8) is 0 Å². The van der Waals surface area contributed by atoms with E-state index in [2.05, 4.69) is 21.2 Å². The van der Waals surface area contributed by atoms with E-state index in [4.69, 9.17) is 4.74 Å². The Morgan fingerprint density at radius 3 is 2.94 bits per heavy atom. The molecule has 0 aliphatic heterocycles. The molecule has 5 heteroatoms. The third-order valence-electron chi connectivity index (χ3n) is 2.16. The van der Waals surface area contributed by atoms with Gasteiger partial charge in [-0.3, -0.25) is 4.79 Å². The SMILES string of the molecule is CCOCCCNC(=O)c1cc(Br)cn1C. The zero-order valence-electron chi connectivity index (χ0n) is 9.62. The molecule has 1 N–H and O–H groups in total. The number of carbonyl (C=O) groups is 1. The average Bonchev–Trinajstić information content (AvgIpc) is 2.57. The molecule has 0 fully saturated rings. The van der Waals surface area contributed by atoms with E-state index in [1.54, 1.807) is 10.6 Å². The van der Waals surface area contributed by atoms with Gasteiger partial charge in [-0.25, -0.2) is 0 Å². The van der Waals surface area contributed by atoms with Crippen molar-refractivity contribution in [3.05, 3.63) is 22.4 Å². The van der Waals surface area contributed by atoms with Gasteiger partial charge in [0, 0.05) is 37.5 Å². The lowest BCUT2D eigenvalue weighted by atomic mass is 10.3. The standard InChI is InChI=1S/C11H17BrN2O2/c1-3-16-6-4-5-13-11(15)10-7-9(12)8-14(10)2/h7-8H,3-6H2,1-2H3,(H,13,15). The number of aromatic nitrogens is 1. The summed E-state index contributed by atoms with van der Waals surface area (Å²) in [5, 5.41) is 2.85. The number of carbonyl (C=O) groups excluding carboxylic acids is 1. The number of hydrogen-bond acceptors (Lipinski definition) is 2. The number of ether oxygens (including phenoxy) is 1. The summed E-state index contributed by atoms with van der Waals surface area (Å²) in [6.45, 7) is 4.01. The normalized spacial score (nSPS) is 10.4. The van der Waals surface area contributed by atoms with Crippen molar-refractivity contribution in [1.29, 1.82) is 0 Å². The Morgan fingerprint density at radius 2 is 2.38 bits per heavy atom. The molecular formula is C11H17BrN2O2. The average molecular weight is 289 g/mol. The van der Waals surface area contributed by atoms with E-state index in [1.165, 1.54) is 0 Å². The molecule has 0 spiro atoms. The molecular weight excluding hydrogens is 272 g/mol. The van der Waals surface area contributed by atoms with Crippen molar-refractivity contribution in [1.82, 2.24) is 9.88 Å². The number of nitrogens with one attached hydrogen (secondary N) is 1. The molecule has 0 aliphatic rings. The minimum Gasteiger partial charge on any atom is -0.382 e. The fourth-order valence-electron chi connectivity index (χ4n) is 1.36. The summed E-state index contributed by atoms with van der Waals surface area (Å²) < 4.78 is 7.89. The molecule has 0 saturated heterocycles. The monoisotopic (exact) mass is 288 g/mol. The van der Waals surface area contributed by atoms with Crippen LogP contribution in [0.15, 0.2) is 16.7 Å². The fourth-order valence-corrected chi connectivity index (χ4v) is 1.88. The highest BCUT2D eigenvalue weighted by molar-refractivity contribution is 9.10. The largest absolute Gasteiger partial charge is 0.382 e. The van der Waals surface area contributed by atoms with Gasteiger partial charge < -0.3 is 14.6 Å². The van der Waals surface area contributed by atoms with Gasteiger partial charge in [-0.1, -0.05) is 0 Å². The Balaban J connectivity index is 2.33. The first-order chi connectivity index (χ1) is 7.65. The number of hydrogen-bond donors (Lipinski definition) is 1. The predicted molar refractivity (Wildman–Crippen MR) is 66.6 cm³/mol. The van der Waals surface area contributed by atoms with E-state index < -0.39 is 0 Å². The summed E-state index contributed by atoms with van der Waals surface area (Å²) in [6.07, 6.45) is 2.69. The quantitative estimate of drug-likeness (QED) is 0.813. The van der Waals surface area contributed by atoms with E-state index in [0.717, 1.165) is 17.5 Å². The highest BCUT2D eigenvalue weighted by atomic mass is 79.9. The predicted octanol–water partition coefficient (Wildman–Crippen LogP) is 1.94. The van der Waals surface area contributed by atoms with Gasteiger partial charge in [0.25, 0.3) is 5.91 Å². The van der Waals surface area contributed by atoms with Gasteiger partial charge in [-0.2, -0.15) is 0 Å². The van der Waals surface area contributed by atoms with Crippen LogP contribution < -0.4 is 5.32 Å². The van der Waals surface area contributed by atoms with Crippen LogP contribution in [-0.2, 0) is 11.8 Å². The third-order valence-corrected chi connectivity index (χ3v) is 2.59. The zero-order valence-corrected chi connectivity index (χ0v) is 11.2. The van der Waals surface area contributed by atoms with Crippen LogP contribution in [0, 0.1) is 0 Å². The molecule has 0 radical (unpaired) electrons. The lowest BCUT2D eigenvalue weighted by molar-refractivity contribution is 0.0936. The molecule has 1 aromatic rings. The highest BCUT2D eigenvalue weighted by Crippen LogP contribution is 2.13. The maximum absolute atomic E-state index is 11.7. The molecule has 0 bridgehead atoms. The van der Waals surface area contributed by atoms with Crippen LogP contribution in [-0.4, -0.2) is 30.2 Å². The van der Waals surface area contributed by atoms with Gasteiger partial charge in [0.15, 0.2) is 0 Å². The summed E-state index contributed by atoms with van der Waals surface area (Å²) in [5.41, 5.74) is 0.656. The molecule has 0 unspecified atom stereocenters. The lowest BCUT2D eigenvalue weighted by Gasteiger charge is -2.05. The molecule has 0 atom stereocenters. The van der Waals surface area contributed by atoms with Gasteiger partial charge in [0.2, 0.25) is 0 Å². The minimum absolute atomic E-state index is 0.0512. The smallest absolute Gasteiger partial charge is 0.267 e. The Bertz CT molecular complexity index is 350. The summed E-state index contributed by atoms with van der Waals surface area (Å²) in [6, 6.07) is 1.80. The maximum Gasteiger partial charge on any atom is 0.267 e. The van der Waals surface area contributed by atoms with Crippen LogP contribution in [0.3, 0.4) is 0 Å². The summed E-state index contributed by atoms with van der Waals surface area (Å²) in [4.78, 5) is 11.7. The Hall–Kier alpha value is -0.810. The molecule has 90 valence electrons. The molecule has 1 aromatic heterocycles. The van der Waals surface area contributed by atoms with Crippen molar-refractivity contribution in [2.24, 2.45) is 7.05 Å². The molecule has 0 aliphatic carbocycles. The van der Waals surface area contributed by atoms with Crippen LogP contribution in [0.2, 0.25) is 0 Å². The van der Waals surface area contributed by atoms with Crippen LogP contribution in [0.4, 0.5) is 0 Å². The number of halogens is 1. The fraction of sp³-hybridized carbons (Fsp3) is 0.545. The summed E-state index contributed by atoms with van der Waals surface area (Å²) in [7, 11) is 1.85.